The van der Waals surface area contributed by atoms with Crippen molar-refractivity contribution in [2.75, 3.05) is 13.1 Å². The lowest BCUT2D eigenvalue weighted by Gasteiger charge is -2.39. The van der Waals surface area contributed by atoms with Gasteiger partial charge in [-0.1, -0.05) is 31.5 Å². The standard InChI is InChI=1S/C18H27NO2/c1-13-6-8-16(9-7-13)21-18(4,5)17(20)19-11-14(2)10-15(3)12-19/h6-9,14-15H,10-12H2,1-5H3/t14-,15-/m0/s1. The summed E-state index contributed by atoms with van der Waals surface area (Å²) in [7, 11) is 0. The van der Waals surface area contributed by atoms with E-state index in [1.807, 2.05) is 49.9 Å². The number of likely N-dealkylation sites (tertiary alicyclic amines) is 1. The molecule has 1 aromatic carbocycles. The second-order valence-electron chi connectivity index (χ2n) is 7.08. The van der Waals surface area contributed by atoms with Gasteiger partial charge in [0.2, 0.25) is 0 Å². The van der Waals surface area contributed by atoms with E-state index in [1.54, 1.807) is 0 Å². The highest BCUT2D eigenvalue weighted by Crippen LogP contribution is 2.26. The number of aryl methyl sites for hydroxylation is 1. The fourth-order valence-corrected chi connectivity index (χ4v) is 3.15. The first kappa shape index (κ1) is 15.9. The third kappa shape index (κ3) is 3.99. The molecule has 0 aromatic heterocycles. The van der Waals surface area contributed by atoms with Crippen LogP contribution >= 0.6 is 0 Å². The fourth-order valence-electron chi connectivity index (χ4n) is 3.15. The Morgan fingerprint density at radius 3 is 2.19 bits per heavy atom. The number of amides is 1. The number of rotatable bonds is 3. The second-order valence-corrected chi connectivity index (χ2v) is 7.08. The van der Waals surface area contributed by atoms with Crippen molar-refractivity contribution in [1.82, 2.24) is 4.90 Å². The number of nitrogens with zero attached hydrogens (tertiary/aromatic N) is 1. The molecule has 3 heteroatoms. The molecule has 0 bridgehead atoms. The smallest absolute Gasteiger partial charge is 0.266 e. The summed E-state index contributed by atoms with van der Waals surface area (Å²) in [5, 5.41) is 0. The lowest BCUT2D eigenvalue weighted by Crippen LogP contribution is -2.53. The Morgan fingerprint density at radius 1 is 1.14 bits per heavy atom. The molecule has 0 saturated carbocycles. The predicted octanol–water partition coefficient (Wildman–Crippen LogP) is 3.66. The zero-order valence-corrected chi connectivity index (χ0v) is 13.8. The van der Waals surface area contributed by atoms with Crippen molar-refractivity contribution in [3.8, 4) is 5.75 Å². The van der Waals surface area contributed by atoms with Crippen LogP contribution < -0.4 is 4.74 Å². The van der Waals surface area contributed by atoms with Crippen LogP contribution in [0.4, 0.5) is 0 Å². The van der Waals surface area contributed by atoms with E-state index in [2.05, 4.69) is 13.8 Å². The number of benzene rings is 1. The van der Waals surface area contributed by atoms with E-state index in [-0.39, 0.29) is 5.91 Å². The molecule has 0 unspecified atom stereocenters. The summed E-state index contributed by atoms with van der Waals surface area (Å²) in [4.78, 5) is 14.7. The van der Waals surface area contributed by atoms with E-state index >= 15 is 0 Å². The first-order valence-corrected chi connectivity index (χ1v) is 7.83. The van der Waals surface area contributed by atoms with Gasteiger partial charge < -0.3 is 9.64 Å². The van der Waals surface area contributed by atoms with Gasteiger partial charge >= 0.3 is 0 Å². The van der Waals surface area contributed by atoms with Gasteiger partial charge in [0.05, 0.1) is 0 Å². The van der Waals surface area contributed by atoms with E-state index in [4.69, 9.17) is 4.74 Å². The summed E-state index contributed by atoms with van der Waals surface area (Å²) in [5.41, 5.74) is 0.358. The number of hydrogen-bond donors (Lipinski definition) is 0. The van der Waals surface area contributed by atoms with Crippen LogP contribution in [-0.4, -0.2) is 29.5 Å². The summed E-state index contributed by atoms with van der Waals surface area (Å²) in [6, 6.07) is 7.85. The van der Waals surface area contributed by atoms with E-state index in [0.29, 0.717) is 11.8 Å². The summed E-state index contributed by atoms with van der Waals surface area (Å²) >= 11 is 0. The number of carbonyl (C=O) groups excluding carboxylic acids is 1. The molecular weight excluding hydrogens is 262 g/mol. The molecule has 1 amide bonds. The Labute approximate surface area is 128 Å². The largest absolute Gasteiger partial charge is 0.478 e. The average molecular weight is 289 g/mol. The Bertz CT molecular complexity index is 482. The van der Waals surface area contributed by atoms with Crippen molar-refractivity contribution < 1.29 is 9.53 Å². The molecule has 116 valence electrons. The van der Waals surface area contributed by atoms with E-state index in [1.165, 1.54) is 12.0 Å². The molecule has 21 heavy (non-hydrogen) atoms. The van der Waals surface area contributed by atoms with E-state index < -0.39 is 5.60 Å². The van der Waals surface area contributed by atoms with Gasteiger partial charge in [-0.05, 0) is 51.2 Å². The molecule has 1 aliphatic heterocycles. The average Bonchev–Trinajstić information content (AvgIpc) is 2.39. The molecule has 1 heterocycles. The maximum absolute atomic E-state index is 12.8. The highest BCUT2D eigenvalue weighted by Gasteiger charge is 2.37. The minimum Gasteiger partial charge on any atom is -0.478 e. The highest BCUT2D eigenvalue weighted by atomic mass is 16.5. The van der Waals surface area contributed by atoms with Crippen LogP contribution in [0.3, 0.4) is 0 Å². The third-order valence-electron chi connectivity index (χ3n) is 4.07. The van der Waals surface area contributed by atoms with Crippen molar-refractivity contribution in [2.24, 2.45) is 11.8 Å². The third-order valence-corrected chi connectivity index (χ3v) is 4.07. The molecule has 0 aliphatic carbocycles. The molecule has 1 aromatic rings. The second kappa shape index (κ2) is 6.08. The van der Waals surface area contributed by atoms with Crippen LogP contribution in [0, 0.1) is 18.8 Å². The van der Waals surface area contributed by atoms with Crippen LogP contribution in [0.2, 0.25) is 0 Å². The molecule has 2 rings (SSSR count). The van der Waals surface area contributed by atoms with Gasteiger partial charge in [-0.25, -0.2) is 0 Å². The lowest BCUT2D eigenvalue weighted by molar-refractivity contribution is -0.148. The highest BCUT2D eigenvalue weighted by molar-refractivity contribution is 5.85. The molecule has 2 atom stereocenters. The van der Waals surface area contributed by atoms with Gasteiger partial charge in [0.25, 0.3) is 5.91 Å². The summed E-state index contributed by atoms with van der Waals surface area (Å²) < 4.78 is 5.95. The number of ether oxygens (including phenoxy) is 1. The first-order chi connectivity index (χ1) is 9.78. The predicted molar refractivity (Wildman–Crippen MR) is 85.4 cm³/mol. The lowest BCUT2D eigenvalue weighted by atomic mass is 9.91. The molecule has 0 spiro atoms. The van der Waals surface area contributed by atoms with Crippen LogP contribution in [0.15, 0.2) is 24.3 Å². The van der Waals surface area contributed by atoms with Crippen LogP contribution in [-0.2, 0) is 4.79 Å². The first-order valence-electron chi connectivity index (χ1n) is 7.83. The number of carbonyl (C=O) groups is 1. The van der Waals surface area contributed by atoms with Crippen molar-refractivity contribution in [2.45, 2.75) is 46.6 Å². The molecule has 0 N–H and O–H groups in total. The van der Waals surface area contributed by atoms with Crippen LogP contribution in [0.25, 0.3) is 0 Å². The Kier molecular flexibility index (Phi) is 4.60. The quantitative estimate of drug-likeness (QED) is 0.850. The fraction of sp³-hybridized carbons (Fsp3) is 0.611. The maximum atomic E-state index is 12.8. The number of hydrogen-bond acceptors (Lipinski definition) is 2. The minimum atomic E-state index is -0.827. The normalized spacial score (nSPS) is 23.0. The maximum Gasteiger partial charge on any atom is 0.266 e. The van der Waals surface area contributed by atoms with Gasteiger partial charge in [-0.15, -0.1) is 0 Å². The molecule has 1 fully saturated rings. The van der Waals surface area contributed by atoms with Crippen LogP contribution in [0.5, 0.6) is 5.75 Å². The molecule has 0 radical (unpaired) electrons. The van der Waals surface area contributed by atoms with E-state index in [0.717, 1.165) is 18.8 Å². The van der Waals surface area contributed by atoms with Crippen molar-refractivity contribution in [3.63, 3.8) is 0 Å². The molecule has 1 saturated heterocycles. The molecule has 1 aliphatic rings. The summed E-state index contributed by atoms with van der Waals surface area (Å²) in [6.45, 7) is 11.9. The topological polar surface area (TPSA) is 29.5 Å². The SMILES string of the molecule is Cc1ccc(OC(C)(C)C(=O)N2C[C@@H](C)C[C@H](C)C2)cc1. The summed E-state index contributed by atoms with van der Waals surface area (Å²) in [5.74, 6) is 1.96. The van der Waals surface area contributed by atoms with Crippen LogP contribution in [0.1, 0.15) is 39.7 Å². The Hall–Kier alpha value is -1.51. The van der Waals surface area contributed by atoms with Gasteiger partial charge in [0, 0.05) is 13.1 Å². The van der Waals surface area contributed by atoms with Crippen molar-refractivity contribution >= 4 is 5.91 Å². The van der Waals surface area contributed by atoms with Gasteiger partial charge in [-0.3, -0.25) is 4.79 Å². The van der Waals surface area contributed by atoms with Crippen molar-refractivity contribution in [1.29, 1.82) is 0 Å². The summed E-state index contributed by atoms with van der Waals surface area (Å²) in [6.07, 6.45) is 1.20. The Morgan fingerprint density at radius 2 is 1.67 bits per heavy atom. The van der Waals surface area contributed by atoms with Crippen molar-refractivity contribution in [3.05, 3.63) is 29.8 Å². The molecule has 3 nitrogen and oxygen atoms in total. The zero-order valence-electron chi connectivity index (χ0n) is 13.8. The van der Waals surface area contributed by atoms with E-state index in [9.17, 15) is 4.79 Å². The Balaban J connectivity index is 2.07. The van der Waals surface area contributed by atoms with Gasteiger partial charge in [0.1, 0.15) is 5.75 Å². The zero-order chi connectivity index (χ0) is 15.6. The van der Waals surface area contributed by atoms with Gasteiger partial charge in [0.15, 0.2) is 5.60 Å². The molecular formula is C18H27NO2. The monoisotopic (exact) mass is 289 g/mol. The van der Waals surface area contributed by atoms with Gasteiger partial charge in [-0.2, -0.15) is 0 Å². The number of piperidine rings is 1. The minimum absolute atomic E-state index is 0.0847.